The van der Waals surface area contributed by atoms with Crippen LogP contribution in [0.5, 0.6) is 0 Å². The molecule has 0 saturated heterocycles. The van der Waals surface area contributed by atoms with Crippen LogP contribution in [0.4, 0.5) is 0 Å². The van der Waals surface area contributed by atoms with Crippen molar-refractivity contribution in [2.45, 2.75) is 105 Å². The van der Waals surface area contributed by atoms with E-state index in [4.69, 9.17) is 4.74 Å². The Labute approximate surface area is 165 Å². The van der Waals surface area contributed by atoms with Crippen molar-refractivity contribution >= 4 is 5.97 Å². The first-order valence-corrected chi connectivity index (χ1v) is 11.3. The highest BCUT2D eigenvalue weighted by Gasteiger charge is 2.69. The smallest absolute Gasteiger partial charge is 0.308 e. The van der Waals surface area contributed by atoms with Crippen LogP contribution in [0, 0.1) is 39.9 Å². The number of rotatable bonds is 2. The molecule has 4 aliphatic rings. The van der Waals surface area contributed by atoms with Gasteiger partial charge in [0.05, 0.1) is 11.5 Å². The lowest BCUT2D eigenvalue weighted by Gasteiger charge is -2.66. The van der Waals surface area contributed by atoms with Crippen LogP contribution in [0.2, 0.25) is 0 Å². The lowest BCUT2D eigenvalue weighted by Crippen LogP contribution is -2.61. The van der Waals surface area contributed by atoms with Crippen molar-refractivity contribution in [2.24, 2.45) is 39.9 Å². The van der Waals surface area contributed by atoms with E-state index in [0.717, 1.165) is 31.6 Å². The first-order chi connectivity index (χ1) is 12.4. The molecular weight excluding hydrogens is 336 g/mol. The molecule has 7 atom stereocenters. The highest BCUT2D eigenvalue weighted by molar-refractivity contribution is 5.71. The van der Waals surface area contributed by atoms with Gasteiger partial charge in [0.2, 0.25) is 0 Å². The van der Waals surface area contributed by atoms with Crippen molar-refractivity contribution < 1.29 is 14.6 Å². The largest absolute Gasteiger partial charge is 0.462 e. The number of carbonyl (C=O) groups is 1. The maximum atomic E-state index is 12.4. The predicted molar refractivity (Wildman–Crippen MR) is 107 cm³/mol. The molecule has 4 saturated carbocycles. The minimum absolute atomic E-state index is 0.0430. The van der Waals surface area contributed by atoms with Crippen LogP contribution in [0.25, 0.3) is 0 Å². The van der Waals surface area contributed by atoms with E-state index in [-0.39, 0.29) is 28.8 Å². The maximum absolute atomic E-state index is 12.4. The van der Waals surface area contributed by atoms with Crippen LogP contribution in [0.1, 0.15) is 92.9 Å². The van der Waals surface area contributed by atoms with Gasteiger partial charge in [-0.2, -0.15) is 0 Å². The second-order valence-electron chi connectivity index (χ2n) is 12.0. The van der Waals surface area contributed by atoms with Crippen LogP contribution in [-0.4, -0.2) is 22.8 Å². The molecule has 27 heavy (non-hydrogen) atoms. The van der Waals surface area contributed by atoms with Crippen molar-refractivity contribution in [2.75, 3.05) is 0 Å². The summed E-state index contributed by atoms with van der Waals surface area (Å²) in [7, 11) is 0. The second kappa shape index (κ2) is 5.97. The van der Waals surface area contributed by atoms with Crippen molar-refractivity contribution in [1.82, 2.24) is 0 Å². The van der Waals surface area contributed by atoms with Gasteiger partial charge in [0.15, 0.2) is 0 Å². The summed E-state index contributed by atoms with van der Waals surface area (Å²) in [6, 6.07) is 0. The minimum Gasteiger partial charge on any atom is -0.462 e. The standard InChI is InChI=1S/C24H40O3/c1-15(2)20(25)27-18-13-21(3,4)19-8-7-16-11-17-12-24(16,22(19,5)14-18)10-9-23(17,6)26/h15-19,26H,7-14H2,1-6H3/t16-,17-,18-,19-,22-,23-,24+/m0/s1. The van der Waals surface area contributed by atoms with Crippen molar-refractivity contribution in [3.8, 4) is 0 Å². The molecule has 2 bridgehead atoms. The average molecular weight is 377 g/mol. The molecule has 3 nitrogen and oxygen atoms in total. The van der Waals surface area contributed by atoms with Gasteiger partial charge >= 0.3 is 5.97 Å². The number of carbonyl (C=O) groups excluding carboxylic acids is 1. The maximum Gasteiger partial charge on any atom is 0.308 e. The number of esters is 1. The van der Waals surface area contributed by atoms with Crippen LogP contribution in [0.3, 0.4) is 0 Å². The number of hydrogen-bond donors (Lipinski definition) is 1. The summed E-state index contributed by atoms with van der Waals surface area (Å²) in [5.41, 5.74) is 0.267. The molecule has 154 valence electrons. The lowest BCUT2D eigenvalue weighted by molar-refractivity contribution is -0.204. The first kappa shape index (κ1) is 19.7. The molecule has 4 aliphatic carbocycles. The molecular formula is C24H40O3. The molecule has 4 fully saturated rings. The van der Waals surface area contributed by atoms with Gasteiger partial charge in [-0.15, -0.1) is 0 Å². The number of ether oxygens (including phenoxy) is 1. The summed E-state index contributed by atoms with van der Waals surface area (Å²) in [4.78, 5) is 12.4. The third kappa shape index (κ3) is 2.74. The fourth-order valence-electron chi connectivity index (χ4n) is 8.39. The van der Waals surface area contributed by atoms with E-state index >= 15 is 0 Å². The van der Waals surface area contributed by atoms with E-state index in [1.54, 1.807) is 0 Å². The Bertz CT molecular complexity index is 621. The second-order valence-corrected chi connectivity index (χ2v) is 12.0. The van der Waals surface area contributed by atoms with Crippen LogP contribution < -0.4 is 0 Å². The Kier molecular flexibility index (Phi) is 4.36. The molecule has 0 radical (unpaired) electrons. The predicted octanol–water partition coefficient (Wildman–Crippen LogP) is 5.35. The van der Waals surface area contributed by atoms with E-state index in [2.05, 4.69) is 27.7 Å². The van der Waals surface area contributed by atoms with Gasteiger partial charge in [0.25, 0.3) is 0 Å². The Morgan fingerprint density at radius 1 is 1.00 bits per heavy atom. The number of hydrogen-bond acceptors (Lipinski definition) is 3. The van der Waals surface area contributed by atoms with Gasteiger partial charge < -0.3 is 9.84 Å². The van der Waals surface area contributed by atoms with Crippen molar-refractivity contribution in [1.29, 1.82) is 0 Å². The highest BCUT2D eigenvalue weighted by Crippen LogP contribution is 2.75. The fraction of sp³-hybridized carbons (Fsp3) is 0.958. The first-order valence-electron chi connectivity index (χ1n) is 11.3. The zero-order valence-electron chi connectivity index (χ0n) is 18.3. The normalized spacial score (nSPS) is 50.8. The molecule has 1 spiro atoms. The molecule has 0 heterocycles. The lowest BCUT2D eigenvalue weighted by atomic mass is 9.39. The van der Waals surface area contributed by atoms with Crippen molar-refractivity contribution in [3.63, 3.8) is 0 Å². The monoisotopic (exact) mass is 376 g/mol. The highest BCUT2D eigenvalue weighted by atomic mass is 16.5. The van der Waals surface area contributed by atoms with Gasteiger partial charge in [0.1, 0.15) is 6.10 Å². The SMILES string of the molecule is CC(C)C(=O)O[C@H]1CC(C)(C)[C@@H]2CC[C@H]3C[C@H]4C[C@@]3(CC[C@]4(C)O)[C@@]2(C)C1. The minimum atomic E-state index is -0.484. The summed E-state index contributed by atoms with van der Waals surface area (Å²) in [6.45, 7) is 13.3. The third-order valence-corrected chi connectivity index (χ3v) is 9.73. The summed E-state index contributed by atoms with van der Waals surface area (Å²) in [6.07, 6.45) is 9.15. The van der Waals surface area contributed by atoms with Crippen LogP contribution in [0.15, 0.2) is 0 Å². The molecule has 0 aromatic carbocycles. The summed E-state index contributed by atoms with van der Waals surface area (Å²) in [5.74, 6) is 1.79. The van der Waals surface area contributed by atoms with E-state index in [0.29, 0.717) is 17.3 Å². The fourth-order valence-corrected chi connectivity index (χ4v) is 8.39. The van der Waals surface area contributed by atoms with E-state index in [1.807, 2.05) is 13.8 Å². The summed E-state index contributed by atoms with van der Waals surface area (Å²) in [5, 5.41) is 10.9. The Morgan fingerprint density at radius 3 is 2.37 bits per heavy atom. The summed E-state index contributed by atoms with van der Waals surface area (Å²) < 4.78 is 6.04. The Balaban J connectivity index is 1.69. The molecule has 4 rings (SSSR count). The Morgan fingerprint density at radius 2 is 1.70 bits per heavy atom. The summed E-state index contributed by atoms with van der Waals surface area (Å²) >= 11 is 0. The number of aliphatic hydroxyl groups is 1. The van der Waals surface area contributed by atoms with E-state index < -0.39 is 5.60 Å². The van der Waals surface area contributed by atoms with Gasteiger partial charge in [-0.1, -0.05) is 34.6 Å². The third-order valence-electron chi connectivity index (χ3n) is 9.73. The molecule has 0 amide bonds. The Hall–Kier alpha value is -0.570. The quantitative estimate of drug-likeness (QED) is 0.661. The molecule has 1 N–H and O–H groups in total. The van der Waals surface area contributed by atoms with Gasteiger partial charge in [-0.25, -0.2) is 0 Å². The van der Waals surface area contributed by atoms with Gasteiger partial charge in [-0.3, -0.25) is 4.79 Å². The average Bonchev–Trinajstić information content (AvgIpc) is 2.88. The molecule has 3 heteroatoms. The topological polar surface area (TPSA) is 46.5 Å². The molecule has 0 aromatic rings. The van der Waals surface area contributed by atoms with E-state index in [9.17, 15) is 9.90 Å². The van der Waals surface area contributed by atoms with Gasteiger partial charge in [0, 0.05) is 0 Å². The van der Waals surface area contributed by atoms with Crippen molar-refractivity contribution in [3.05, 3.63) is 0 Å². The molecule has 0 aliphatic heterocycles. The van der Waals surface area contributed by atoms with E-state index in [1.165, 1.54) is 25.7 Å². The zero-order valence-corrected chi connectivity index (χ0v) is 18.3. The van der Waals surface area contributed by atoms with Gasteiger partial charge in [-0.05, 0) is 92.3 Å². The van der Waals surface area contributed by atoms with Crippen LogP contribution >= 0.6 is 0 Å². The number of fused-ring (bicyclic) bond motifs is 2. The molecule has 0 aromatic heterocycles. The molecule has 0 unspecified atom stereocenters. The zero-order chi connectivity index (χ0) is 19.8. The van der Waals surface area contributed by atoms with Crippen LogP contribution in [-0.2, 0) is 9.53 Å².